The van der Waals surface area contributed by atoms with Crippen molar-refractivity contribution in [2.75, 3.05) is 0 Å². The van der Waals surface area contributed by atoms with Crippen molar-refractivity contribution in [2.24, 2.45) is 4.40 Å². The van der Waals surface area contributed by atoms with E-state index in [-0.39, 0.29) is 4.90 Å². The molecule has 0 aromatic heterocycles. The SMILES string of the molecule is CC#CCc1cc(F)ccc1/C=N/S(=O)(=O)c1ccc(C)cc1. The molecule has 0 fully saturated rings. The summed E-state index contributed by atoms with van der Waals surface area (Å²) in [7, 11) is -3.78. The number of aryl methyl sites for hydroxylation is 1. The van der Waals surface area contributed by atoms with E-state index in [0.29, 0.717) is 17.5 Å². The van der Waals surface area contributed by atoms with Crippen molar-refractivity contribution >= 4 is 16.2 Å². The van der Waals surface area contributed by atoms with Gasteiger partial charge in [0.2, 0.25) is 0 Å². The van der Waals surface area contributed by atoms with Crippen LogP contribution in [0.2, 0.25) is 0 Å². The summed E-state index contributed by atoms with van der Waals surface area (Å²) in [5.74, 6) is 5.18. The van der Waals surface area contributed by atoms with Crippen LogP contribution in [-0.4, -0.2) is 14.6 Å². The first-order valence-electron chi connectivity index (χ1n) is 6.97. The summed E-state index contributed by atoms with van der Waals surface area (Å²) in [6.07, 6.45) is 1.57. The smallest absolute Gasteiger partial charge is 0.207 e. The van der Waals surface area contributed by atoms with E-state index in [0.717, 1.165) is 5.56 Å². The summed E-state index contributed by atoms with van der Waals surface area (Å²) in [5, 5.41) is 0. The summed E-state index contributed by atoms with van der Waals surface area (Å²) in [5.41, 5.74) is 2.10. The molecule has 0 amide bonds. The van der Waals surface area contributed by atoms with E-state index in [2.05, 4.69) is 16.2 Å². The molecule has 2 rings (SSSR count). The second-order valence-corrected chi connectivity index (χ2v) is 6.60. The third-order valence-electron chi connectivity index (χ3n) is 3.21. The predicted molar refractivity (Wildman–Crippen MR) is 89.5 cm³/mol. The minimum atomic E-state index is -3.78. The van der Waals surface area contributed by atoms with Crippen LogP contribution in [0.15, 0.2) is 51.8 Å². The van der Waals surface area contributed by atoms with Crippen LogP contribution in [0.25, 0.3) is 0 Å². The van der Waals surface area contributed by atoms with Crippen LogP contribution in [0.3, 0.4) is 0 Å². The molecule has 118 valence electrons. The summed E-state index contributed by atoms with van der Waals surface area (Å²) in [6.45, 7) is 3.56. The van der Waals surface area contributed by atoms with Gasteiger partial charge < -0.3 is 0 Å². The Morgan fingerprint density at radius 1 is 1.17 bits per heavy atom. The van der Waals surface area contributed by atoms with Crippen LogP contribution >= 0.6 is 0 Å². The molecule has 0 atom stereocenters. The molecule has 0 bridgehead atoms. The van der Waals surface area contributed by atoms with Crippen LogP contribution in [0.4, 0.5) is 4.39 Å². The highest BCUT2D eigenvalue weighted by Gasteiger charge is 2.11. The zero-order valence-electron chi connectivity index (χ0n) is 12.9. The third-order valence-corrected chi connectivity index (χ3v) is 4.46. The van der Waals surface area contributed by atoms with Gasteiger partial charge in [0.1, 0.15) is 5.82 Å². The zero-order valence-corrected chi connectivity index (χ0v) is 13.7. The first-order valence-corrected chi connectivity index (χ1v) is 8.41. The van der Waals surface area contributed by atoms with E-state index in [1.807, 2.05) is 6.92 Å². The Balaban J connectivity index is 2.35. The maximum atomic E-state index is 13.3. The number of hydrogen-bond donors (Lipinski definition) is 0. The lowest BCUT2D eigenvalue weighted by Gasteiger charge is -2.03. The van der Waals surface area contributed by atoms with Crippen molar-refractivity contribution in [3.63, 3.8) is 0 Å². The third kappa shape index (κ3) is 4.51. The summed E-state index contributed by atoms with van der Waals surface area (Å²) in [4.78, 5) is 0.122. The van der Waals surface area contributed by atoms with Crippen LogP contribution < -0.4 is 0 Å². The zero-order chi connectivity index (χ0) is 16.9. The molecule has 5 heteroatoms. The number of halogens is 1. The van der Waals surface area contributed by atoms with E-state index < -0.39 is 15.8 Å². The lowest BCUT2D eigenvalue weighted by molar-refractivity contribution is 0.598. The molecule has 0 aliphatic heterocycles. The van der Waals surface area contributed by atoms with Crippen LogP contribution in [-0.2, 0) is 16.4 Å². The number of rotatable bonds is 4. The molecule has 2 aromatic rings. The van der Waals surface area contributed by atoms with Gasteiger partial charge in [0.15, 0.2) is 0 Å². The Morgan fingerprint density at radius 3 is 2.52 bits per heavy atom. The molecular weight excluding hydrogens is 313 g/mol. The second kappa shape index (κ2) is 7.21. The molecule has 0 aliphatic carbocycles. The molecule has 0 aliphatic rings. The van der Waals surface area contributed by atoms with Crippen LogP contribution in [0.5, 0.6) is 0 Å². The lowest BCUT2D eigenvalue weighted by Crippen LogP contribution is -2.00. The van der Waals surface area contributed by atoms with E-state index in [4.69, 9.17) is 0 Å². The van der Waals surface area contributed by atoms with Crippen molar-refractivity contribution in [2.45, 2.75) is 25.2 Å². The first-order chi connectivity index (χ1) is 10.9. The molecule has 0 N–H and O–H groups in total. The minimum absolute atomic E-state index is 0.122. The van der Waals surface area contributed by atoms with Crippen molar-refractivity contribution in [1.29, 1.82) is 0 Å². The average Bonchev–Trinajstić information content (AvgIpc) is 2.52. The summed E-state index contributed by atoms with van der Waals surface area (Å²) >= 11 is 0. The Bertz CT molecular complexity index is 889. The number of nitrogens with zero attached hydrogens (tertiary/aromatic N) is 1. The van der Waals surface area contributed by atoms with Gasteiger partial charge in [-0.15, -0.1) is 5.92 Å². The lowest BCUT2D eigenvalue weighted by atomic mass is 10.1. The van der Waals surface area contributed by atoms with Gasteiger partial charge in [0.05, 0.1) is 4.90 Å². The molecular formula is C18H16FNO2S. The van der Waals surface area contributed by atoms with Gasteiger partial charge in [-0.1, -0.05) is 29.7 Å². The largest absolute Gasteiger partial charge is 0.282 e. The standard InChI is InChI=1S/C18H16FNO2S/c1-3-4-5-15-12-17(19)9-8-16(15)13-20-23(21,22)18-10-6-14(2)7-11-18/h6-13H,5H2,1-2H3/b20-13+. The van der Waals surface area contributed by atoms with E-state index in [1.165, 1.54) is 36.5 Å². The fourth-order valence-corrected chi connectivity index (χ4v) is 2.79. The van der Waals surface area contributed by atoms with Crippen LogP contribution in [0.1, 0.15) is 23.6 Å². The van der Waals surface area contributed by atoms with Crippen molar-refractivity contribution in [3.8, 4) is 11.8 Å². The number of hydrogen-bond acceptors (Lipinski definition) is 2. The first kappa shape index (κ1) is 16.9. The molecule has 0 radical (unpaired) electrons. The fraction of sp³-hybridized carbons (Fsp3) is 0.167. The van der Waals surface area contributed by atoms with E-state index in [1.54, 1.807) is 19.1 Å². The second-order valence-electron chi connectivity index (χ2n) is 4.97. The van der Waals surface area contributed by atoms with Crippen LogP contribution in [0, 0.1) is 24.6 Å². The Hall–Kier alpha value is -2.45. The Kier molecular flexibility index (Phi) is 5.30. The molecule has 0 unspecified atom stereocenters. The van der Waals surface area contributed by atoms with Gasteiger partial charge in [-0.3, -0.25) is 0 Å². The summed E-state index contributed by atoms with van der Waals surface area (Å²) < 4.78 is 41.5. The highest BCUT2D eigenvalue weighted by atomic mass is 32.2. The van der Waals surface area contributed by atoms with Crippen molar-refractivity contribution < 1.29 is 12.8 Å². The minimum Gasteiger partial charge on any atom is -0.207 e. The van der Waals surface area contributed by atoms with Gasteiger partial charge in [0.25, 0.3) is 10.0 Å². The topological polar surface area (TPSA) is 46.5 Å². The fourth-order valence-electron chi connectivity index (χ4n) is 1.93. The Morgan fingerprint density at radius 2 is 1.87 bits per heavy atom. The molecule has 23 heavy (non-hydrogen) atoms. The van der Waals surface area contributed by atoms with Gasteiger partial charge in [-0.25, -0.2) is 4.39 Å². The quantitative estimate of drug-likeness (QED) is 0.636. The van der Waals surface area contributed by atoms with Gasteiger partial charge in [0, 0.05) is 12.6 Å². The van der Waals surface area contributed by atoms with Crippen molar-refractivity contribution in [3.05, 3.63) is 65.0 Å². The molecule has 3 nitrogen and oxygen atoms in total. The monoisotopic (exact) mass is 329 g/mol. The molecule has 0 heterocycles. The van der Waals surface area contributed by atoms with Gasteiger partial charge >= 0.3 is 0 Å². The number of benzene rings is 2. The molecule has 2 aromatic carbocycles. The summed E-state index contributed by atoms with van der Waals surface area (Å²) in [6, 6.07) is 10.5. The Labute approximate surface area is 135 Å². The highest BCUT2D eigenvalue weighted by Crippen LogP contribution is 2.15. The normalized spacial score (nSPS) is 11.3. The highest BCUT2D eigenvalue weighted by molar-refractivity contribution is 7.90. The molecule has 0 saturated carbocycles. The van der Waals surface area contributed by atoms with E-state index in [9.17, 15) is 12.8 Å². The predicted octanol–water partition coefficient (Wildman–Crippen LogP) is 3.51. The number of sulfonamides is 1. The maximum absolute atomic E-state index is 13.3. The van der Waals surface area contributed by atoms with E-state index >= 15 is 0 Å². The van der Waals surface area contributed by atoms with Gasteiger partial charge in [-0.05, 0) is 49.2 Å². The average molecular weight is 329 g/mol. The van der Waals surface area contributed by atoms with Crippen molar-refractivity contribution in [1.82, 2.24) is 0 Å². The van der Waals surface area contributed by atoms with Gasteiger partial charge in [-0.2, -0.15) is 12.8 Å². The maximum Gasteiger partial charge on any atom is 0.282 e. The molecule has 0 saturated heterocycles. The molecule has 0 spiro atoms.